The highest BCUT2D eigenvalue weighted by atomic mass is 35.5. The van der Waals surface area contributed by atoms with Crippen molar-refractivity contribution in [3.05, 3.63) is 76.7 Å². The van der Waals surface area contributed by atoms with Crippen LogP contribution in [0.5, 0.6) is 11.5 Å². The molecule has 0 radical (unpaired) electrons. The first-order valence-corrected chi connectivity index (χ1v) is 10.6. The van der Waals surface area contributed by atoms with Gasteiger partial charge in [0.15, 0.2) is 0 Å². The Morgan fingerprint density at radius 1 is 1.10 bits per heavy atom. The van der Waals surface area contributed by atoms with Crippen molar-refractivity contribution < 1.29 is 14.3 Å². The fraction of sp³-hybridized carbons (Fsp3) is 0.182. The predicted octanol–water partition coefficient (Wildman–Crippen LogP) is 5.58. The topological polar surface area (TPSA) is 38.8 Å². The molecule has 0 N–H and O–H groups in total. The minimum atomic E-state index is -0.0845. The Hall–Kier alpha value is -2.28. The van der Waals surface area contributed by atoms with E-state index in [4.69, 9.17) is 33.3 Å². The van der Waals surface area contributed by atoms with E-state index in [2.05, 4.69) is 6.58 Å². The van der Waals surface area contributed by atoms with Crippen LogP contribution in [0.25, 0.3) is 6.08 Å². The molecule has 2 aromatic rings. The Morgan fingerprint density at radius 2 is 1.83 bits per heavy atom. The standard InChI is InChI=1S/C22H20ClNO3S2/c1-2-12-24-21(25)20(29-22(24)28)15-16-8-10-17(11-9-16)26-13-5-14-27-19-7-4-3-6-18(19)23/h2-4,6-11,15H,1,5,12-14H2/b20-15-. The molecule has 7 heteroatoms. The van der Waals surface area contributed by atoms with Crippen molar-refractivity contribution in [1.29, 1.82) is 0 Å². The molecular formula is C22H20ClNO3S2. The maximum absolute atomic E-state index is 12.4. The van der Waals surface area contributed by atoms with Crippen LogP contribution in [-0.4, -0.2) is 34.9 Å². The summed E-state index contributed by atoms with van der Waals surface area (Å²) in [4.78, 5) is 14.5. The number of carbonyl (C=O) groups excluding carboxylic acids is 1. The fourth-order valence-electron chi connectivity index (χ4n) is 2.59. The Labute approximate surface area is 185 Å². The van der Waals surface area contributed by atoms with E-state index in [9.17, 15) is 4.79 Å². The van der Waals surface area contributed by atoms with Gasteiger partial charge in [0, 0.05) is 13.0 Å². The summed E-state index contributed by atoms with van der Waals surface area (Å²) in [6, 6.07) is 15.0. The van der Waals surface area contributed by atoms with Crippen LogP contribution in [0, 0.1) is 0 Å². The van der Waals surface area contributed by atoms with Crippen LogP contribution in [0.1, 0.15) is 12.0 Å². The summed E-state index contributed by atoms with van der Waals surface area (Å²) in [6.45, 7) is 5.14. The van der Waals surface area contributed by atoms with Crippen molar-refractivity contribution in [1.82, 2.24) is 4.90 Å². The van der Waals surface area contributed by atoms with Crippen LogP contribution in [0.3, 0.4) is 0 Å². The molecule has 1 amide bonds. The molecule has 1 aliphatic heterocycles. The third kappa shape index (κ3) is 5.85. The number of carbonyl (C=O) groups is 1. The zero-order valence-corrected chi connectivity index (χ0v) is 18.1. The lowest BCUT2D eigenvalue weighted by atomic mass is 10.2. The smallest absolute Gasteiger partial charge is 0.266 e. The first-order chi connectivity index (χ1) is 14.1. The number of halogens is 1. The Balaban J connectivity index is 1.47. The number of nitrogens with zero attached hydrogens (tertiary/aromatic N) is 1. The van der Waals surface area contributed by atoms with E-state index < -0.39 is 0 Å². The van der Waals surface area contributed by atoms with Crippen LogP contribution >= 0.6 is 35.6 Å². The average Bonchev–Trinajstić information content (AvgIpc) is 2.98. The maximum Gasteiger partial charge on any atom is 0.266 e. The van der Waals surface area contributed by atoms with Gasteiger partial charge >= 0.3 is 0 Å². The first kappa shape index (κ1) is 21.4. The van der Waals surface area contributed by atoms with Gasteiger partial charge in [-0.1, -0.05) is 65.9 Å². The van der Waals surface area contributed by atoms with E-state index in [-0.39, 0.29) is 5.91 Å². The van der Waals surface area contributed by atoms with E-state index in [1.165, 1.54) is 11.8 Å². The zero-order chi connectivity index (χ0) is 20.6. The minimum absolute atomic E-state index is 0.0845. The molecule has 0 bridgehead atoms. The van der Waals surface area contributed by atoms with Crippen molar-refractivity contribution in [2.45, 2.75) is 6.42 Å². The lowest BCUT2D eigenvalue weighted by molar-refractivity contribution is -0.121. The number of ether oxygens (including phenoxy) is 2. The molecule has 1 saturated heterocycles. The molecular weight excluding hydrogens is 426 g/mol. The van der Waals surface area contributed by atoms with Crippen LogP contribution in [-0.2, 0) is 4.79 Å². The van der Waals surface area contributed by atoms with Crippen LogP contribution in [0.4, 0.5) is 0 Å². The maximum atomic E-state index is 12.4. The summed E-state index contributed by atoms with van der Waals surface area (Å²) >= 11 is 12.6. The van der Waals surface area contributed by atoms with Gasteiger partial charge in [-0.25, -0.2) is 0 Å². The van der Waals surface area contributed by atoms with Crippen LogP contribution in [0.15, 0.2) is 66.1 Å². The number of hydrogen-bond donors (Lipinski definition) is 0. The monoisotopic (exact) mass is 445 g/mol. The summed E-state index contributed by atoms with van der Waals surface area (Å²) in [6.07, 6.45) is 4.24. The molecule has 0 aliphatic carbocycles. The molecule has 1 fully saturated rings. The van der Waals surface area contributed by atoms with Gasteiger partial charge in [0.05, 0.1) is 23.1 Å². The second-order valence-electron chi connectivity index (χ2n) is 6.13. The SMILES string of the molecule is C=CCN1C(=O)/C(=C/c2ccc(OCCCOc3ccccc3Cl)cc2)SC1=S. The van der Waals surface area contributed by atoms with E-state index in [0.717, 1.165) is 17.7 Å². The van der Waals surface area contributed by atoms with Gasteiger partial charge in [0.25, 0.3) is 5.91 Å². The van der Waals surface area contributed by atoms with E-state index >= 15 is 0 Å². The van der Waals surface area contributed by atoms with Gasteiger partial charge in [-0.3, -0.25) is 9.69 Å². The van der Waals surface area contributed by atoms with Crippen LogP contribution < -0.4 is 9.47 Å². The summed E-state index contributed by atoms with van der Waals surface area (Å²) in [5.74, 6) is 1.36. The Kier molecular flexibility index (Phi) is 7.75. The van der Waals surface area contributed by atoms with Gasteiger partial charge < -0.3 is 9.47 Å². The van der Waals surface area contributed by atoms with Crippen molar-refractivity contribution in [3.8, 4) is 11.5 Å². The quantitative estimate of drug-likeness (QED) is 0.218. The van der Waals surface area contributed by atoms with Crippen molar-refractivity contribution in [2.75, 3.05) is 19.8 Å². The summed E-state index contributed by atoms with van der Waals surface area (Å²) in [7, 11) is 0. The van der Waals surface area contributed by atoms with E-state index in [0.29, 0.717) is 39.8 Å². The molecule has 1 heterocycles. The molecule has 1 aliphatic rings. The number of amides is 1. The molecule has 2 aromatic carbocycles. The highest BCUT2D eigenvalue weighted by molar-refractivity contribution is 8.26. The molecule has 0 saturated carbocycles. The second kappa shape index (κ2) is 10.5. The van der Waals surface area contributed by atoms with E-state index in [1.807, 2.05) is 48.5 Å². The van der Waals surface area contributed by atoms with Gasteiger partial charge in [-0.05, 0) is 35.9 Å². The highest BCUT2D eigenvalue weighted by Crippen LogP contribution is 2.32. The summed E-state index contributed by atoms with van der Waals surface area (Å²) in [5, 5.41) is 0.602. The van der Waals surface area contributed by atoms with Gasteiger partial charge in [-0.15, -0.1) is 6.58 Å². The Bertz CT molecular complexity index is 928. The van der Waals surface area contributed by atoms with Crippen molar-refractivity contribution >= 4 is 51.9 Å². The minimum Gasteiger partial charge on any atom is -0.493 e. The lowest BCUT2D eigenvalue weighted by Crippen LogP contribution is -2.27. The number of thiocarbonyl (C=S) groups is 1. The van der Waals surface area contributed by atoms with Gasteiger partial charge in [0.1, 0.15) is 15.8 Å². The Morgan fingerprint density at radius 3 is 2.55 bits per heavy atom. The van der Waals surface area contributed by atoms with Crippen LogP contribution in [0.2, 0.25) is 5.02 Å². The molecule has 3 rings (SSSR count). The number of benzene rings is 2. The molecule has 4 nitrogen and oxygen atoms in total. The summed E-state index contributed by atoms with van der Waals surface area (Å²) < 4.78 is 11.9. The number of hydrogen-bond acceptors (Lipinski definition) is 5. The number of thioether (sulfide) groups is 1. The largest absolute Gasteiger partial charge is 0.493 e. The molecule has 29 heavy (non-hydrogen) atoms. The predicted molar refractivity (Wildman–Crippen MR) is 124 cm³/mol. The number of rotatable bonds is 9. The molecule has 0 atom stereocenters. The lowest BCUT2D eigenvalue weighted by Gasteiger charge is -2.10. The third-order valence-corrected chi connectivity index (χ3v) is 5.70. The normalized spacial score (nSPS) is 15.1. The molecule has 0 unspecified atom stereocenters. The highest BCUT2D eigenvalue weighted by Gasteiger charge is 2.30. The third-order valence-electron chi connectivity index (χ3n) is 4.01. The molecule has 0 aromatic heterocycles. The second-order valence-corrected chi connectivity index (χ2v) is 8.21. The zero-order valence-electron chi connectivity index (χ0n) is 15.7. The molecule has 0 spiro atoms. The first-order valence-electron chi connectivity index (χ1n) is 9.05. The fourth-order valence-corrected chi connectivity index (χ4v) is 4.06. The van der Waals surface area contributed by atoms with Crippen molar-refractivity contribution in [3.63, 3.8) is 0 Å². The molecule has 150 valence electrons. The van der Waals surface area contributed by atoms with E-state index in [1.54, 1.807) is 17.0 Å². The van der Waals surface area contributed by atoms with Gasteiger partial charge in [0.2, 0.25) is 0 Å². The van der Waals surface area contributed by atoms with Crippen molar-refractivity contribution in [2.24, 2.45) is 0 Å². The van der Waals surface area contributed by atoms with Gasteiger partial charge in [-0.2, -0.15) is 0 Å². The summed E-state index contributed by atoms with van der Waals surface area (Å²) in [5.41, 5.74) is 0.915. The average molecular weight is 446 g/mol. The number of para-hydroxylation sites is 1.